The van der Waals surface area contributed by atoms with Crippen molar-refractivity contribution in [2.75, 3.05) is 0 Å². The molecule has 0 heterocycles. The molecule has 0 amide bonds. The number of allylic oxidation sites excluding steroid dienone is 6. The summed E-state index contributed by atoms with van der Waals surface area (Å²) >= 11 is 0. The third kappa shape index (κ3) is 18.7. The first-order valence-corrected chi connectivity index (χ1v) is 8.94. The van der Waals surface area contributed by atoms with Crippen molar-refractivity contribution in [1.29, 1.82) is 0 Å². The SMILES string of the molecule is CCC=CCCCC=CCC=CCCCCCCCC(=O)O. The summed E-state index contributed by atoms with van der Waals surface area (Å²) < 4.78 is 0. The van der Waals surface area contributed by atoms with Crippen molar-refractivity contribution in [3.63, 3.8) is 0 Å². The number of hydrogen-bond acceptors (Lipinski definition) is 1. The smallest absolute Gasteiger partial charge is 0.303 e. The normalized spacial score (nSPS) is 12.0. The van der Waals surface area contributed by atoms with E-state index in [1.54, 1.807) is 0 Å². The maximum atomic E-state index is 10.3. The summed E-state index contributed by atoms with van der Waals surface area (Å²) in [6, 6.07) is 0. The molecule has 0 fully saturated rings. The molecule has 0 saturated heterocycles. The van der Waals surface area contributed by atoms with Crippen LogP contribution in [0.5, 0.6) is 0 Å². The summed E-state index contributed by atoms with van der Waals surface area (Å²) in [7, 11) is 0. The largest absolute Gasteiger partial charge is 0.481 e. The van der Waals surface area contributed by atoms with Gasteiger partial charge in [-0.2, -0.15) is 0 Å². The van der Waals surface area contributed by atoms with E-state index in [9.17, 15) is 4.79 Å². The van der Waals surface area contributed by atoms with Crippen molar-refractivity contribution in [2.24, 2.45) is 0 Å². The quantitative estimate of drug-likeness (QED) is 0.279. The first-order chi connectivity index (χ1) is 10.8. The van der Waals surface area contributed by atoms with E-state index in [-0.39, 0.29) is 0 Å². The number of unbranched alkanes of at least 4 members (excludes halogenated alkanes) is 7. The fourth-order valence-electron chi connectivity index (χ4n) is 2.21. The van der Waals surface area contributed by atoms with E-state index in [1.165, 1.54) is 32.1 Å². The molecule has 0 aliphatic carbocycles. The topological polar surface area (TPSA) is 37.3 Å². The van der Waals surface area contributed by atoms with Crippen LogP contribution in [0.2, 0.25) is 0 Å². The summed E-state index contributed by atoms with van der Waals surface area (Å²) in [6.07, 6.45) is 26.3. The third-order valence-corrected chi connectivity index (χ3v) is 3.51. The molecule has 0 saturated carbocycles. The predicted molar refractivity (Wildman–Crippen MR) is 96.1 cm³/mol. The molecule has 0 spiro atoms. The lowest BCUT2D eigenvalue weighted by Crippen LogP contribution is -1.93. The highest BCUT2D eigenvalue weighted by molar-refractivity contribution is 5.66. The van der Waals surface area contributed by atoms with Crippen molar-refractivity contribution >= 4 is 5.97 Å². The van der Waals surface area contributed by atoms with Crippen molar-refractivity contribution in [1.82, 2.24) is 0 Å². The second-order valence-corrected chi connectivity index (χ2v) is 5.69. The van der Waals surface area contributed by atoms with E-state index in [2.05, 4.69) is 43.4 Å². The Bertz CT molecular complexity index is 327. The molecule has 2 nitrogen and oxygen atoms in total. The van der Waals surface area contributed by atoms with Gasteiger partial charge in [0.05, 0.1) is 0 Å². The Morgan fingerprint density at radius 2 is 1.27 bits per heavy atom. The maximum Gasteiger partial charge on any atom is 0.303 e. The van der Waals surface area contributed by atoms with Gasteiger partial charge < -0.3 is 5.11 Å². The van der Waals surface area contributed by atoms with Crippen LogP contribution in [0.4, 0.5) is 0 Å². The summed E-state index contributed by atoms with van der Waals surface area (Å²) in [5.74, 6) is -0.673. The Labute approximate surface area is 137 Å². The van der Waals surface area contributed by atoms with Crippen LogP contribution in [0.1, 0.15) is 84.0 Å². The molecular weight excluding hydrogens is 272 g/mol. The van der Waals surface area contributed by atoms with Crippen molar-refractivity contribution < 1.29 is 9.90 Å². The standard InChI is InChI=1S/C20H34O2/c1-2-3-4-5-6-7-8-9-10-11-12-13-14-15-16-17-18-19-20(21)22/h3-4,8-9,11-12H,2,5-7,10,13-19H2,1H3,(H,21,22). The van der Waals surface area contributed by atoms with Crippen LogP contribution in [0.3, 0.4) is 0 Å². The number of rotatable bonds is 15. The summed E-state index contributed by atoms with van der Waals surface area (Å²) in [5.41, 5.74) is 0. The molecule has 0 aromatic heterocycles. The number of aliphatic carboxylic acids is 1. The zero-order valence-corrected chi connectivity index (χ0v) is 14.3. The molecule has 0 radical (unpaired) electrons. The van der Waals surface area contributed by atoms with Crippen LogP contribution in [-0.4, -0.2) is 11.1 Å². The molecule has 0 atom stereocenters. The van der Waals surface area contributed by atoms with Crippen LogP contribution in [0, 0.1) is 0 Å². The Hall–Kier alpha value is -1.31. The van der Waals surface area contributed by atoms with Gasteiger partial charge in [0, 0.05) is 6.42 Å². The minimum absolute atomic E-state index is 0.321. The minimum atomic E-state index is -0.673. The van der Waals surface area contributed by atoms with E-state index in [0.29, 0.717) is 6.42 Å². The molecule has 126 valence electrons. The lowest BCUT2D eigenvalue weighted by atomic mass is 10.1. The van der Waals surface area contributed by atoms with Gasteiger partial charge >= 0.3 is 5.97 Å². The Morgan fingerprint density at radius 1 is 0.727 bits per heavy atom. The molecule has 0 aromatic rings. The monoisotopic (exact) mass is 306 g/mol. The first-order valence-electron chi connectivity index (χ1n) is 8.94. The van der Waals surface area contributed by atoms with Gasteiger partial charge in [0.2, 0.25) is 0 Å². The van der Waals surface area contributed by atoms with Crippen LogP contribution in [-0.2, 0) is 4.79 Å². The Morgan fingerprint density at radius 3 is 1.91 bits per heavy atom. The number of carbonyl (C=O) groups is 1. The van der Waals surface area contributed by atoms with Crippen LogP contribution < -0.4 is 0 Å². The van der Waals surface area contributed by atoms with Gasteiger partial charge in [0.1, 0.15) is 0 Å². The van der Waals surface area contributed by atoms with Gasteiger partial charge in [-0.05, 0) is 51.4 Å². The summed E-state index contributed by atoms with van der Waals surface area (Å²) in [5, 5.41) is 8.52. The van der Waals surface area contributed by atoms with Crippen LogP contribution >= 0.6 is 0 Å². The lowest BCUT2D eigenvalue weighted by molar-refractivity contribution is -0.137. The van der Waals surface area contributed by atoms with Gasteiger partial charge in [0.25, 0.3) is 0 Å². The summed E-state index contributed by atoms with van der Waals surface area (Å²) in [4.78, 5) is 10.3. The van der Waals surface area contributed by atoms with E-state index in [1.807, 2.05) is 0 Å². The Balaban J connectivity index is 3.23. The first kappa shape index (κ1) is 20.7. The number of carboxylic acids is 1. The van der Waals surface area contributed by atoms with Gasteiger partial charge in [-0.15, -0.1) is 0 Å². The minimum Gasteiger partial charge on any atom is -0.481 e. The zero-order valence-electron chi connectivity index (χ0n) is 14.3. The fraction of sp³-hybridized carbons (Fsp3) is 0.650. The zero-order chi connectivity index (χ0) is 16.3. The number of hydrogen-bond donors (Lipinski definition) is 1. The van der Waals surface area contributed by atoms with Crippen molar-refractivity contribution in [2.45, 2.75) is 84.0 Å². The van der Waals surface area contributed by atoms with E-state index in [4.69, 9.17) is 5.11 Å². The average Bonchev–Trinajstić information content (AvgIpc) is 2.50. The second kappa shape index (κ2) is 17.7. The van der Waals surface area contributed by atoms with E-state index >= 15 is 0 Å². The Kier molecular flexibility index (Phi) is 16.7. The molecule has 1 N–H and O–H groups in total. The molecule has 0 aliphatic rings. The lowest BCUT2D eigenvalue weighted by Gasteiger charge is -1.98. The average molecular weight is 306 g/mol. The fourth-order valence-corrected chi connectivity index (χ4v) is 2.21. The van der Waals surface area contributed by atoms with Crippen molar-refractivity contribution in [3.8, 4) is 0 Å². The molecule has 0 aromatic carbocycles. The van der Waals surface area contributed by atoms with E-state index in [0.717, 1.165) is 38.5 Å². The molecular formula is C20H34O2. The molecule has 0 aliphatic heterocycles. The maximum absolute atomic E-state index is 10.3. The van der Waals surface area contributed by atoms with Gasteiger partial charge in [-0.1, -0.05) is 62.6 Å². The second-order valence-electron chi connectivity index (χ2n) is 5.69. The highest BCUT2D eigenvalue weighted by Gasteiger charge is 1.95. The highest BCUT2D eigenvalue weighted by atomic mass is 16.4. The highest BCUT2D eigenvalue weighted by Crippen LogP contribution is 2.08. The molecule has 22 heavy (non-hydrogen) atoms. The summed E-state index contributed by atoms with van der Waals surface area (Å²) in [6.45, 7) is 2.17. The molecule has 0 rings (SSSR count). The van der Waals surface area contributed by atoms with Gasteiger partial charge in [-0.3, -0.25) is 4.79 Å². The molecule has 0 unspecified atom stereocenters. The molecule has 0 bridgehead atoms. The van der Waals surface area contributed by atoms with Crippen LogP contribution in [0.25, 0.3) is 0 Å². The van der Waals surface area contributed by atoms with Crippen LogP contribution in [0.15, 0.2) is 36.5 Å². The molecule has 2 heteroatoms. The third-order valence-electron chi connectivity index (χ3n) is 3.51. The van der Waals surface area contributed by atoms with Crippen molar-refractivity contribution in [3.05, 3.63) is 36.5 Å². The number of carboxylic acid groups (broad SMARTS) is 1. The van der Waals surface area contributed by atoms with E-state index < -0.39 is 5.97 Å². The van der Waals surface area contributed by atoms with Gasteiger partial charge in [0.15, 0.2) is 0 Å². The predicted octanol–water partition coefficient (Wildman–Crippen LogP) is 6.44. The van der Waals surface area contributed by atoms with Gasteiger partial charge in [-0.25, -0.2) is 0 Å².